The fourth-order valence-corrected chi connectivity index (χ4v) is 10.1. The third kappa shape index (κ3) is 6.48. The van der Waals surface area contributed by atoms with E-state index in [0.717, 1.165) is 38.9 Å². The van der Waals surface area contributed by atoms with E-state index in [9.17, 15) is 0 Å². The second-order valence-electron chi connectivity index (χ2n) is 16.7. The molecule has 0 unspecified atom stereocenters. The Bertz CT molecular complexity index is 3470. The number of benzene rings is 10. The molecule has 11 aromatic rings. The van der Waals surface area contributed by atoms with Crippen molar-refractivity contribution in [2.45, 2.75) is 5.41 Å². The molecule has 3 nitrogen and oxygen atoms in total. The van der Waals surface area contributed by atoms with Gasteiger partial charge in [-0.05, 0) is 83.6 Å². The summed E-state index contributed by atoms with van der Waals surface area (Å²) >= 11 is 0. The van der Waals surface area contributed by atoms with Crippen LogP contribution in [-0.4, -0.2) is 15.0 Å². The van der Waals surface area contributed by atoms with E-state index in [0.29, 0.717) is 17.5 Å². The van der Waals surface area contributed by atoms with Crippen LogP contribution in [0.15, 0.2) is 249 Å². The van der Waals surface area contributed by atoms with E-state index in [1.165, 1.54) is 55.3 Å². The highest BCUT2D eigenvalue weighted by molar-refractivity contribution is 6.05. The van der Waals surface area contributed by atoms with Crippen LogP contribution in [0.25, 0.3) is 89.4 Å². The van der Waals surface area contributed by atoms with Gasteiger partial charge in [-0.2, -0.15) is 0 Å². The minimum Gasteiger partial charge on any atom is -0.208 e. The van der Waals surface area contributed by atoms with Gasteiger partial charge in [0.05, 0.1) is 5.41 Å². The normalized spacial score (nSPS) is 12.4. The van der Waals surface area contributed by atoms with Gasteiger partial charge in [0.15, 0.2) is 17.5 Å². The van der Waals surface area contributed by atoms with Crippen molar-refractivity contribution in [1.82, 2.24) is 15.0 Å². The number of fused-ring (bicyclic) bond motifs is 4. The predicted molar refractivity (Wildman–Crippen MR) is 267 cm³/mol. The molecule has 0 radical (unpaired) electrons. The van der Waals surface area contributed by atoms with Crippen LogP contribution in [0.2, 0.25) is 0 Å². The van der Waals surface area contributed by atoms with Crippen molar-refractivity contribution in [3.8, 4) is 78.7 Å². The molecule has 0 spiro atoms. The molecule has 1 aliphatic rings. The molecule has 65 heavy (non-hydrogen) atoms. The molecule has 1 aliphatic carbocycles. The van der Waals surface area contributed by atoms with E-state index in [-0.39, 0.29) is 0 Å². The molecule has 0 aliphatic heterocycles. The maximum Gasteiger partial charge on any atom is 0.164 e. The summed E-state index contributed by atoms with van der Waals surface area (Å²) in [5.74, 6) is 1.87. The van der Waals surface area contributed by atoms with Crippen LogP contribution in [-0.2, 0) is 5.41 Å². The molecule has 0 saturated heterocycles. The summed E-state index contributed by atoms with van der Waals surface area (Å²) in [6.45, 7) is 0. The molecule has 0 fully saturated rings. The first-order valence-corrected chi connectivity index (χ1v) is 22.2. The summed E-state index contributed by atoms with van der Waals surface area (Å²) in [7, 11) is 0. The van der Waals surface area contributed by atoms with Crippen LogP contribution >= 0.6 is 0 Å². The quantitative estimate of drug-likeness (QED) is 0.153. The highest BCUT2D eigenvalue weighted by Crippen LogP contribution is 2.59. The summed E-state index contributed by atoms with van der Waals surface area (Å²) < 4.78 is 0. The third-order valence-electron chi connectivity index (χ3n) is 13.0. The molecule has 304 valence electrons. The molecule has 0 N–H and O–H groups in total. The van der Waals surface area contributed by atoms with Gasteiger partial charge < -0.3 is 0 Å². The third-order valence-corrected chi connectivity index (χ3v) is 13.0. The van der Waals surface area contributed by atoms with Gasteiger partial charge in [0.2, 0.25) is 0 Å². The minimum absolute atomic E-state index is 0.515. The lowest BCUT2D eigenvalue weighted by atomic mass is 9.67. The lowest BCUT2D eigenvalue weighted by molar-refractivity contribution is 0.768. The number of hydrogen-bond acceptors (Lipinski definition) is 3. The first kappa shape index (κ1) is 38.2. The Morgan fingerprint density at radius 2 is 0.708 bits per heavy atom. The summed E-state index contributed by atoms with van der Waals surface area (Å²) in [6, 6.07) is 89.1. The summed E-state index contributed by atoms with van der Waals surface area (Å²) in [4.78, 5) is 15.6. The van der Waals surface area contributed by atoms with Crippen LogP contribution in [0, 0.1) is 0 Å². The highest BCUT2D eigenvalue weighted by Gasteiger charge is 2.46. The Balaban J connectivity index is 1.10. The fraction of sp³-hybridized carbons (Fsp3) is 0.0161. The van der Waals surface area contributed by atoms with Crippen LogP contribution in [0.3, 0.4) is 0 Å². The van der Waals surface area contributed by atoms with Gasteiger partial charge in [0.1, 0.15) is 0 Å². The highest BCUT2D eigenvalue weighted by atomic mass is 15.0. The van der Waals surface area contributed by atoms with E-state index in [1.807, 2.05) is 24.3 Å². The van der Waals surface area contributed by atoms with Gasteiger partial charge >= 0.3 is 0 Å². The zero-order valence-corrected chi connectivity index (χ0v) is 35.5. The SMILES string of the molecule is c1ccc(-c2ccc(-c3nc(-c4ccccc4)nc(-c4ccc(-c5cccc6c5-c5ccccc5C6(c5ccccc5)c5ccccc5)c(-c5cccc6ccccc56)c4)n3)cc2)cc1. The zero-order chi connectivity index (χ0) is 43.2. The maximum atomic E-state index is 5.25. The van der Waals surface area contributed by atoms with Gasteiger partial charge in [-0.15, -0.1) is 0 Å². The van der Waals surface area contributed by atoms with E-state index in [4.69, 9.17) is 15.0 Å². The number of rotatable bonds is 8. The monoisotopic (exact) mass is 827 g/mol. The first-order chi connectivity index (χ1) is 32.2. The van der Waals surface area contributed by atoms with E-state index in [2.05, 4.69) is 224 Å². The summed E-state index contributed by atoms with van der Waals surface area (Å²) in [5, 5.41) is 2.37. The largest absolute Gasteiger partial charge is 0.208 e. The van der Waals surface area contributed by atoms with Crippen molar-refractivity contribution < 1.29 is 0 Å². The molecule has 0 amide bonds. The summed E-state index contributed by atoms with van der Waals surface area (Å²) in [5.41, 5.74) is 16.7. The topological polar surface area (TPSA) is 38.7 Å². The molecule has 0 bridgehead atoms. The van der Waals surface area contributed by atoms with Crippen molar-refractivity contribution >= 4 is 10.8 Å². The van der Waals surface area contributed by atoms with Crippen molar-refractivity contribution in [3.05, 3.63) is 271 Å². The Morgan fingerprint density at radius 1 is 0.262 bits per heavy atom. The second kappa shape index (κ2) is 16.0. The molecule has 1 aromatic heterocycles. The fourth-order valence-electron chi connectivity index (χ4n) is 10.1. The van der Waals surface area contributed by atoms with Crippen molar-refractivity contribution in [2.24, 2.45) is 0 Å². The Kier molecular flexibility index (Phi) is 9.39. The molecule has 10 aromatic carbocycles. The van der Waals surface area contributed by atoms with Gasteiger partial charge in [-0.1, -0.05) is 243 Å². The standard InChI is InChI=1S/C62H41N3/c1-5-19-42(20-6-1)43-35-37-46(38-36-43)60-63-59(45-22-7-2-8-23-45)64-61(65-60)47-39-40-52(55(41-47)51-31-17-24-44-21-13-14-29-50(44)51)53-32-18-34-57-58(53)54-30-15-16-33-56(54)62(57,48-25-9-3-10-26-48)49-27-11-4-12-28-49/h1-41H. The molecule has 1 heterocycles. The van der Waals surface area contributed by atoms with Gasteiger partial charge in [0.25, 0.3) is 0 Å². The van der Waals surface area contributed by atoms with Crippen molar-refractivity contribution in [1.29, 1.82) is 0 Å². The Morgan fingerprint density at radius 3 is 1.40 bits per heavy atom. The maximum absolute atomic E-state index is 5.25. The second-order valence-corrected chi connectivity index (χ2v) is 16.7. The smallest absolute Gasteiger partial charge is 0.164 e. The average Bonchev–Trinajstić information content (AvgIpc) is 3.70. The predicted octanol–water partition coefficient (Wildman–Crippen LogP) is 15.4. The molecule has 0 saturated carbocycles. The minimum atomic E-state index is -0.515. The van der Waals surface area contributed by atoms with Crippen LogP contribution < -0.4 is 0 Å². The molecule has 0 atom stereocenters. The summed E-state index contributed by atoms with van der Waals surface area (Å²) in [6.07, 6.45) is 0. The van der Waals surface area contributed by atoms with Crippen LogP contribution in [0.5, 0.6) is 0 Å². The van der Waals surface area contributed by atoms with Crippen LogP contribution in [0.1, 0.15) is 22.3 Å². The van der Waals surface area contributed by atoms with Crippen molar-refractivity contribution in [2.75, 3.05) is 0 Å². The molecule has 3 heteroatoms. The molecule has 12 rings (SSSR count). The van der Waals surface area contributed by atoms with Crippen LogP contribution in [0.4, 0.5) is 0 Å². The molecular formula is C62H41N3. The van der Waals surface area contributed by atoms with Gasteiger partial charge in [-0.25, -0.2) is 15.0 Å². The number of aromatic nitrogens is 3. The van der Waals surface area contributed by atoms with E-state index in [1.54, 1.807) is 0 Å². The first-order valence-electron chi connectivity index (χ1n) is 22.2. The number of hydrogen-bond donors (Lipinski definition) is 0. The van der Waals surface area contributed by atoms with E-state index >= 15 is 0 Å². The Labute approximate surface area is 379 Å². The average molecular weight is 828 g/mol. The molecular weight excluding hydrogens is 787 g/mol. The van der Waals surface area contributed by atoms with Gasteiger partial charge in [0, 0.05) is 16.7 Å². The Hall–Kier alpha value is -8.53. The lowest BCUT2D eigenvalue weighted by Crippen LogP contribution is -2.28. The lowest BCUT2D eigenvalue weighted by Gasteiger charge is -2.34. The van der Waals surface area contributed by atoms with Crippen molar-refractivity contribution in [3.63, 3.8) is 0 Å². The van der Waals surface area contributed by atoms with Gasteiger partial charge in [-0.3, -0.25) is 0 Å². The number of nitrogens with zero attached hydrogens (tertiary/aromatic N) is 3. The zero-order valence-electron chi connectivity index (χ0n) is 35.5. The van der Waals surface area contributed by atoms with E-state index < -0.39 is 5.41 Å².